The second-order valence-corrected chi connectivity index (χ2v) is 6.90. The molecule has 7 heteroatoms. The second kappa shape index (κ2) is 10.1. The van der Waals surface area contributed by atoms with Gasteiger partial charge in [-0.2, -0.15) is 0 Å². The SMILES string of the molecule is CCCC(OC(=O)c1ccccc1)OC(=O)C(N)C1CCC(C(=O)O)CC1. The van der Waals surface area contributed by atoms with Crippen molar-refractivity contribution in [2.45, 2.75) is 57.8 Å². The van der Waals surface area contributed by atoms with E-state index in [1.165, 1.54) is 0 Å². The lowest BCUT2D eigenvalue weighted by atomic mass is 9.79. The van der Waals surface area contributed by atoms with Crippen molar-refractivity contribution in [2.24, 2.45) is 17.6 Å². The molecule has 0 amide bonds. The Hall–Kier alpha value is -2.41. The van der Waals surface area contributed by atoms with Crippen molar-refractivity contribution >= 4 is 17.9 Å². The van der Waals surface area contributed by atoms with E-state index in [9.17, 15) is 14.4 Å². The number of aliphatic carboxylic acids is 1. The summed E-state index contributed by atoms with van der Waals surface area (Å²) in [7, 11) is 0. The van der Waals surface area contributed by atoms with Crippen LogP contribution in [0.15, 0.2) is 30.3 Å². The first-order valence-electron chi connectivity index (χ1n) is 9.37. The third-order valence-electron chi connectivity index (χ3n) is 4.92. The van der Waals surface area contributed by atoms with Gasteiger partial charge in [0.25, 0.3) is 0 Å². The van der Waals surface area contributed by atoms with E-state index in [-0.39, 0.29) is 11.8 Å². The average Bonchev–Trinajstić information content (AvgIpc) is 2.68. The first-order valence-corrected chi connectivity index (χ1v) is 9.37. The molecule has 0 heterocycles. The number of rotatable bonds is 8. The van der Waals surface area contributed by atoms with Crippen LogP contribution in [0.5, 0.6) is 0 Å². The minimum atomic E-state index is -0.989. The average molecular weight is 377 g/mol. The molecule has 2 unspecified atom stereocenters. The standard InChI is InChI=1S/C20H27NO6/c1-2-6-16(26-19(24)15-7-4-3-5-8-15)27-20(25)17(21)13-9-11-14(12-10-13)18(22)23/h3-5,7-8,13-14,16-17H,2,6,9-12,21H2,1H3,(H,22,23). The maximum atomic E-state index is 12.4. The van der Waals surface area contributed by atoms with Gasteiger partial charge in [-0.3, -0.25) is 9.59 Å². The number of esters is 2. The first-order chi connectivity index (χ1) is 12.9. The Morgan fingerprint density at radius 3 is 2.30 bits per heavy atom. The van der Waals surface area contributed by atoms with Gasteiger partial charge < -0.3 is 20.3 Å². The van der Waals surface area contributed by atoms with Crippen molar-refractivity contribution in [3.8, 4) is 0 Å². The Bertz CT molecular complexity index is 639. The van der Waals surface area contributed by atoms with Crippen LogP contribution in [0.3, 0.4) is 0 Å². The molecule has 1 aliphatic carbocycles. The number of ether oxygens (including phenoxy) is 2. The van der Waals surface area contributed by atoms with Crippen molar-refractivity contribution < 1.29 is 29.0 Å². The van der Waals surface area contributed by atoms with E-state index in [0.717, 1.165) is 0 Å². The molecular formula is C20H27NO6. The summed E-state index contributed by atoms with van der Waals surface area (Å²) in [5.41, 5.74) is 6.42. The van der Waals surface area contributed by atoms with Gasteiger partial charge in [0, 0.05) is 6.42 Å². The molecule has 0 saturated heterocycles. The molecule has 1 aromatic carbocycles. The van der Waals surface area contributed by atoms with Crippen LogP contribution in [0.2, 0.25) is 0 Å². The van der Waals surface area contributed by atoms with Crippen LogP contribution in [0.4, 0.5) is 0 Å². The largest absolute Gasteiger partial charge is 0.481 e. The molecule has 148 valence electrons. The Labute approximate surface area is 158 Å². The van der Waals surface area contributed by atoms with Crippen LogP contribution < -0.4 is 5.73 Å². The van der Waals surface area contributed by atoms with Gasteiger partial charge in [-0.25, -0.2) is 4.79 Å². The van der Waals surface area contributed by atoms with E-state index >= 15 is 0 Å². The van der Waals surface area contributed by atoms with E-state index in [4.69, 9.17) is 20.3 Å². The molecule has 27 heavy (non-hydrogen) atoms. The molecule has 2 rings (SSSR count). The van der Waals surface area contributed by atoms with Gasteiger partial charge in [-0.15, -0.1) is 0 Å². The molecule has 0 radical (unpaired) electrons. The highest BCUT2D eigenvalue weighted by Crippen LogP contribution is 2.31. The summed E-state index contributed by atoms with van der Waals surface area (Å²) in [6.45, 7) is 1.89. The number of carbonyl (C=O) groups excluding carboxylic acids is 2. The molecule has 1 aliphatic rings. The lowest BCUT2D eigenvalue weighted by Crippen LogP contribution is -2.43. The van der Waals surface area contributed by atoms with E-state index in [1.54, 1.807) is 30.3 Å². The summed E-state index contributed by atoms with van der Waals surface area (Å²) in [4.78, 5) is 35.6. The summed E-state index contributed by atoms with van der Waals surface area (Å²) in [6.07, 6.45) is 2.19. The molecule has 0 bridgehead atoms. The first kappa shape index (κ1) is 20.9. The summed E-state index contributed by atoms with van der Waals surface area (Å²) in [6, 6.07) is 7.63. The van der Waals surface area contributed by atoms with Crippen molar-refractivity contribution in [3.63, 3.8) is 0 Å². The molecule has 1 aromatic rings. The highest BCUT2D eigenvalue weighted by atomic mass is 16.7. The highest BCUT2D eigenvalue weighted by molar-refractivity contribution is 5.89. The highest BCUT2D eigenvalue weighted by Gasteiger charge is 2.34. The number of benzene rings is 1. The fourth-order valence-electron chi connectivity index (χ4n) is 3.27. The van der Waals surface area contributed by atoms with Gasteiger partial charge in [0.05, 0.1) is 11.5 Å². The number of carboxylic acids is 1. The van der Waals surface area contributed by atoms with Crippen LogP contribution in [-0.4, -0.2) is 35.3 Å². The van der Waals surface area contributed by atoms with Crippen LogP contribution in [0, 0.1) is 11.8 Å². The summed E-state index contributed by atoms with van der Waals surface area (Å²) < 4.78 is 10.7. The zero-order valence-corrected chi connectivity index (χ0v) is 15.5. The Morgan fingerprint density at radius 2 is 1.74 bits per heavy atom. The number of carboxylic acid groups (broad SMARTS) is 1. The van der Waals surface area contributed by atoms with Gasteiger partial charge in [-0.1, -0.05) is 25.1 Å². The van der Waals surface area contributed by atoms with Crippen molar-refractivity contribution in [2.75, 3.05) is 0 Å². The molecule has 0 aliphatic heterocycles. The number of nitrogens with two attached hydrogens (primary N) is 1. The van der Waals surface area contributed by atoms with Crippen LogP contribution in [0.25, 0.3) is 0 Å². The maximum Gasteiger partial charge on any atom is 0.341 e. The summed E-state index contributed by atoms with van der Waals surface area (Å²) in [5.74, 6) is -2.48. The topological polar surface area (TPSA) is 116 Å². The zero-order valence-electron chi connectivity index (χ0n) is 15.5. The smallest absolute Gasteiger partial charge is 0.341 e. The van der Waals surface area contributed by atoms with Gasteiger partial charge in [-0.05, 0) is 50.2 Å². The van der Waals surface area contributed by atoms with Crippen LogP contribution in [0.1, 0.15) is 55.8 Å². The van der Waals surface area contributed by atoms with Gasteiger partial charge in [0.1, 0.15) is 6.04 Å². The molecule has 2 atom stereocenters. The molecule has 3 N–H and O–H groups in total. The van der Waals surface area contributed by atoms with E-state index in [0.29, 0.717) is 44.1 Å². The van der Waals surface area contributed by atoms with E-state index in [2.05, 4.69) is 0 Å². The summed E-state index contributed by atoms with van der Waals surface area (Å²) in [5, 5.41) is 9.06. The second-order valence-electron chi connectivity index (χ2n) is 6.90. The Kier molecular flexibility index (Phi) is 7.79. The molecule has 7 nitrogen and oxygen atoms in total. The minimum absolute atomic E-state index is 0.125. The molecule has 1 saturated carbocycles. The third kappa shape index (κ3) is 6.06. The van der Waals surface area contributed by atoms with Crippen molar-refractivity contribution in [1.82, 2.24) is 0 Å². The maximum absolute atomic E-state index is 12.4. The predicted octanol–water partition coefficient (Wildman–Crippen LogP) is 2.73. The zero-order chi connectivity index (χ0) is 19.8. The lowest BCUT2D eigenvalue weighted by molar-refractivity contribution is -0.172. The molecular weight excluding hydrogens is 350 g/mol. The fraction of sp³-hybridized carbons (Fsp3) is 0.550. The van der Waals surface area contributed by atoms with E-state index in [1.807, 2.05) is 6.92 Å². The van der Waals surface area contributed by atoms with Crippen LogP contribution in [-0.2, 0) is 19.1 Å². The van der Waals surface area contributed by atoms with Gasteiger partial charge >= 0.3 is 17.9 Å². The predicted molar refractivity (Wildman–Crippen MR) is 97.7 cm³/mol. The van der Waals surface area contributed by atoms with Gasteiger partial charge in [0.2, 0.25) is 6.29 Å². The Balaban J connectivity index is 1.90. The number of hydrogen-bond acceptors (Lipinski definition) is 6. The van der Waals surface area contributed by atoms with Crippen molar-refractivity contribution in [1.29, 1.82) is 0 Å². The minimum Gasteiger partial charge on any atom is -0.481 e. The Morgan fingerprint density at radius 1 is 1.11 bits per heavy atom. The quantitative estimate of drug-likeness (QED) is 0.528. The number of hydrogen-bond donors (Lipinski definition) is 2. The number of carbonyl (C=O) groups is 3. The fourth-order valence-corrected chi connectivity index (χ4v) is 3.27. The normalized spacial score (nSPS) is 21.7. The monoisotopic (exact) mass is 377 g/mol. The van der Waals surface area contributed by atoms with Crippen LogP contribution >= 0.6 is 0 Å². The molecule has 0 spiro atoms. The summed E-state index contributed by atoms with van der Waals surface area (Å²) >= 11 is 0. The van der Waals surface area contributed by atoms with Crippen molar-refractivity contribution in [3.05, 3.63) is 35.9 Å². The van der Waals surface area contributed by atoms with E-state index < -0.39 is 30.2 Å². The molecule has 0 aromatic heterocycles. The molecule has 1 fully saturated rings. The van der Waals surface area contributed by atoms with Gasteiger partial charge in [0.15, 0.2) is 0 Å². The third-order valence-corrected chi connectivity index (χ3v) is 4.92. The lowest BCUT2D eigenvalue weighted by Gasteiger charge is -2.30.